The van der Waals surface area contributed by atoms with Crippen LogP contribution in [0.25, 0.3) is 0 Å². The summed E-state index contributed by atoms with van der Waals surface area (Å²) in [5.41, 5.74) is 1.41. The van der Waals surface area contributed by atoms with Crippen LogP contribution < -0.4 is 14.5 Å². The second kappa shape index (κ2) is 8.00. The van der Waals surface area contributed by atoms with Gasteiger partial charge in [0, 0.05) is 31.9 Å². The maximum absolute atomic E-state index is 13.1. The van der Waals surface area contributed by atoms with Gasteiger partial charge in [-0.25, -0.2) is 9.29 Å². The van der Waals surface area contributed by atoms with E-state index in [0.717, 1.165) is 5.69 Å². The minimum atomic E-state index is -0.473. The lowest BCUT2D eigenvalue weighted by atomic mass is 10.1. The molecule has 152 valence electrons. The number of carbonyl (C=O) groups is 2. The van der Waals surface area contributed by atoms with Gasteiger partial charge in [-0.3, -0.25) is 14.5 Å². The van der Waals surface area contributed by atoms with Crippen molar-refractivity contribution in [2.75, 3.05) is 43.1 Å². The van der Waals surface area contributed by atoms with Crippen molar-refractivity contribution in [3.8, 4) is 5.75 Å². The second-order valence-corrected chi connectivity index (χ2v) is 7.51. The summed E-state index contributed by atoms with van der Waals surface area (Å²) in [6.45, 7) is 2.71. The predicted molar refractivity (Wildman–Crippen MR) is 109 cm³/mol. The lowest BCUT2D eigenvalue weighted by Crippen LogP contribution is -2.52. The molecule has 0 unspecified atom stereocenters. The Morgan fingerprint density at radius 2 is 1.66 bits per heavy atom. The van der Waals surface area contributed by atoms with Gasteiger partial charge in [-0.05, 0) is 42.5 Å². The first-order valence-corrected chi connectivity index (χ1v) is 9.80. The molecule has 0 N–H and O–H groups in total. The molecular formula is C21H21ClFN3O3. The fourth-order valence-electron chi connectivity index (χ4n) is 3.91. The normalized spacial score (nSPS) is 20.4. The number of rotatable bonds is 4. The second-order valence-electron chi connectivity index (χ2n) is 7.11. The number of ether oxygens (including phenoxy) is 1. The Labute approximate surface area is 173 Å². The molecule has 4 rings (SSSR count). The number of halogens is 2. The molecule has 29 heavy (non-hydrogen) atoms. The van der Waals surface area contributed by atoms with Crippen LogP contribution in [-0.4, -0.2) is 56.0 Å². The zero-order valence-corrected chi connectivity index (χ0v) is 16.7. The Morgan fingerprint density at radius 3 is 2.28 bits per heavy atom. The van der Waals surface area contributed by atoms with Gasteiger partial charge in [0.15, 0.2) is 0 Å². The Balaban J connectivity index is 1.44. The molecule has 2 aliphatic rings. The van der Waals surface area contributed by atoms with Gasteiger partial charge in [-0.2, -0.15) is 0 Å². The van der Waals surface area contributed by atoms with Gasteiger partial charge >= 0.3 is 0 Å². The third-order valence-corrected chi connectivity index (χ3v) is 5.76. The molecule has 2 heterocycles. The average Bonchev–Trinajstić information content (AvgIpc) is 3.02. The van der Waals surface area contributed by atoms with Crippen molar-refractivity contribution in [1.82, 2.24) is 4.90 Å². The van der Waals surface area contributed by atoms with Crippen LogP contribution >= 0.6 is 11.6 Å². The van der Waals surface area contributed by atoms with Gasteiger partial charge < -0.3 is 9.64 Å². The molecule has 2 aliphatic heterocycles. The summed E-state index contributed by atoms with van der Waals surface area (Å²) < 4.78 is 18.3. The molecule has 2 aromatic rings. The molecule has 0 radical (unpaired) electrons. The number of nitrogens with zero attached hydrogens (tertiary/aromatic N) is 3. The first-order valence-electron chi connectivity index (χ1n) is 9.43. The number of anilines is 2. The largest absolute Gasteiger partial charge is 0.495 e. The van der Waals surface area contributed by atoms with Crippen molar-refractivity contribution in [3.05, 3.63) is 53.3 Å². The van der Waals surface area contributed by atoms with Crippen LogP contribution in [0.5, 0.6) is 5.75 Å². The first-order chi connectivity index (χ1) is 14.0. The minimum Gasteiger partial charge on any atom is -0.495 e. The Bertz CT molecular complexity index is 929. The van der Waals surface area contributed by atoms with Gasteiger partial charge in [0.25, 0.3) is 5.91 Å². The number of carbonyl (C=O) groups excluding carboxylic acids is 2. The summed E-state index contributed by atoms with van der Waals surface area (Å²) in [5.74, 6) is -0.238. The van der Waals surface area contributed by atoms with Crippen LogP contribution in [0.15, 0.2) is 42.5 Å². The van der Waals surface area contributed by atoms with E-state index in [1.807, 2.05) is 4.90 Å². The summed E-state index contributed by atoms with van der Waals surface area (Å²) in [5, 5.41) is 0.349. The molecule has 0 spiro atoms. The summed E-state index contributed by atoms with van der Waals surface area (Å²) >= 11 is 6.16. The van der Waals surface area contributed by atoms with Crippen LogP contribution in [0, 0.1) is 5.82 Å². The lowest BCUT2D eigenvalue weighted by molar-refractivity contribution is -0.123. The van der Waals surface area contributed by atoms with Crippen LogP contribution in [-0.2, 0) is 9.59 Å². The molecule has 2 saturated heterocycles. The molecule has 2 amide bonds. The Hall–Kier alpha value is -2.64. The average molecular weight is 418 g/mol. The van der Waals surface area contributed by atoms with Crippen LogP contribution in [0.4, 0.5) is 15.8 Å². The lowest BCUT2D eigenvalue weighted by Gasteiger charge is -2.38. The highest BCUT2D eigenvalue weighted by Crippen LogP contribution is 2.33. The summed E-state index contributed by atoms with van der Waals surface area (Å²) in [4.78, 5) is 31.0. The van der Waals surface area contributed by atoms with Gasteiger partial charge in [0.05, 0.1) is 30.3 Å². The number of piperazine rings is 1. The molecule has 0 bridgehead atoms. The molecule has 6 nitrogen and oxygen atoms in total. The number of hydrogen-bond donors (Lipinski definition) is 0. The monoisotopic (exact) mass is 417 g/mol. The van der Waals surface area contributed by atoms with Gasteiger partial charge in [-0.15, -0.1) is 0 Å². The van der Waals surface area contributed by atoms with E-state index in [-0.39, 0.29) is 24.1 Å². The quantitative estimate of drug-likeness (QED) is 0.716. The van der Waals surface area contributed by atoms with Crippen molar-refractivity contribution in [2.24, 2.45) is 0 Å². The highest BCUT2D eigenvalue weighted by atomic mass is 35.5. The molecular weight excluding hydrogens is 397 g/mol. The molecule has 0 aromatic heterocycles. The van der Waals surface area contributed by atoms with E-state index in [0.29, 0.717) is 42.6 Å². The van der Waals surface area contributed by atoms with E-state index in [9.17, 15) is 14.0 Å². The van der Waals surface area contributed by atoms with Crippen LogP contribution in [0.1, 0.15) is 6.42 Å². The van der Waals surface area contributed by atoms with Crippen molar-refractivity contribution >= 4 is 34.8 Å². The maximum atomic E-state index is 13.1. The number of hydrogen-bond acceptors (Lipinski definition) is 5. The van der Waals surface area contributed by atoms with E-state index in [1.165, 1.54) is 24.1 Å². The minimum absolute atomic E-state index is 0.152. The van der Waals surface area contributed by atoms with E-state index < -0.39 is 6.04 Å². The van der Waals surface area contributed by atoms with Crippen LogP contribution in [0.3, 0.4) is 0 Å². The summed E-state index contributed by atoms with van der Waals surface area (Å²) in [6.07, 6.45) is 0.152. The van der Waals surface area contributed by atoms with Gasteiger partial charge in [0.2, 0.25) is 5.91 Å². The third kappa shape index (κ3) is 3.80. The SMILES string of the molecule is COc1ccc(N2C(=O)C[C@H](N3CCN(c4ccc(F)cc4)CC3)C2=O)cc1Cl. The molecule has 0 saturated carbocycles. The highest BCUT2D eigenvalue weighted by molar-refractivity contribution is 6.33. The summed E-state index contributed by atoms with van der Waals surface area (Å²) in [6, 6.07) is 10.8. The molecule has 2 aromatic carbocycles. The number of imide groups is 1. The van der Waals surface area contributed by atoms with Crippen LogP contribution in [0.2, 0.25) is 5.02 Å². The van der Waals surface area contributed by atoms with Crippen molar-refractivity contribution in [3.63, 3.8) is 0 Å². The molecule has 0 aliphatic carbocycles. The maximum Gasteiger partial charge on any atom is 0.251 e. The molecule has 2 fully saturated rings. The van der Waals surface area contributed by atoms with E-state index in [2.05, 4.69) is 4.90 Å². The highest BCUT2D eigenvalue weighted by Gasteiger charge is 2.43. The third-order valence-electron chi connectivity index (χ3n) is 5.46. The number of amides is 2. The van der Waals surface area contributed by atoms with E-state index in [1.54, 1.807) is 30.3 Å². The van der Waals surface area contributed by atoms with Gasteiger partial charge in [-0.1, -0.05) is 11.6 Å². The fourth-order valence-corrected chi connectivity index (χ4v) is 4.16. The smallest absolute Gasteiger partial charge is 0.251 e. The standard InChI is InChI=1S/C21H21ClFN3O3/c1-29-19-7-6-16(12-17(19)22)26-20(27)13-18(21(26)28)25-10-8-24(9-11-25)15-4-2-14(23)3-5-15/h2-7,12,18H,8-11,13H2,1H3/t18-/m0/s1. The zero-order chi connectivity index (χ0) is 20.5. The number of benzene rings is 2. The van der Waals surface area contributed by atoms with E-state index >= 15 is 0 Å². The zero-order valence-electron chi connectivity index (χ0n) is 16.0. The Kier molecular flexibility index (Phi) is 5.43. The predicted octanol–water partition coefficient (Wildman–Crippen LogP) is 2.94. The Morgan fingerprint density at radius 1 is 1.00 bits per heavy atom. The molecule has 1 atom stereocenters. The number of methoxy groups -OCH3 is 1. The van der Waals surface area contributed by atoms with E-state index in [4.69, 9.17) is 16.3 Å². The topological polar surface area (TPSA) is 53.1 Å². The first kappa shape index (κ1) is 19.7. The van der Waals surface area contributed by atoms with Gasteiger partial charge in [0.1, 0.15) is 11.6 Å². The fraction of sp³-hybridized carbons (Fsp3) is 0.333. The summed E-state index contributed by atoms with van der Waals surface area (Å²) in [7, 11) is 1.51. The molecule has 8 heteroatoms. The van der Waals surface area contributed by atoms with Crippen molar-refractivity contribution in [2.45, 2.75) is 12.5 Å². The van der Waals surface area contributed by atoms with Crippen molar-refractivity contribution < 1.29 is 18.7 Å². The van der Waals surface area contributed by atoms with Crippen molar-refractivity contribution in [1.29, 1.82) is 0 Å².